The lowest BCUT2D eigenvalue weighted by Gasteiger charge is -2.22. The summed E-state index contributed by atoms with van der Waals surface area (Å²) in [5.41, 5.74) is 0. The predicted molar refractivity (Wildman–Crippen MR) is 156 cm³/mol. The molecule has 0 saturated carbocycles. The van der Waals surface area contributed by atoms with Crippen molar-refractivity contribution in [3.8, 4) is 0 Å². The standard InChI is InChI=1S/C32H65NO3/c1-3-5-7-8-9-10-11-12-13-14-15-16-17-18-19-20-21-22-23-24-26-28-32(36)33-30(29-34)31(35)27-25-6-4-2/h30-31,34-35H,3-29H2,1-2H3,(H,33,36). The maximum absolute atomic E-state index is 12.1. The van der Waals surface area contributed by atoms with Crippen LogP contribution in [0.15, 0.2) is 0 Å². The third-order valence-corrected chi connectivity index (χ3v) is 7.62. The van der Waals surface area contributed by atoms with Crippen LogP contribution < -0.4 is 5.32 Å². The van der Waals surface area contributed by atoms with E-state index in [1.807, 2.05) is 0 Å². The fraction of sp³-hybridized carbons (Fsp3) is 0.969. The molecule has 0 aliphatic carbocycles. The van der Waals surface area contributed by atoms with Crippen LogP contribution in [0.25, 0.3) is 0 Å². The Balaban J connectivity index is 3.34. The second-order valence-corrected chi connectivity index (χ2v) is 11.2. The number of carbonyl (C=O) groups is 1. The van der Waals surface area contributed by atoms with Crippen LogP contribution in [0.3, 0.4) is 0 Å². The van der Waals surface area contributed by atoms with E-state index in [9.17, 15) is 15.0 Å². The Kier molecular flexibility index (Phi) is 28.5. The second-order valence-electron chi connectivity index (χ2n) is 11.2. The molecule has 0 rings (SSSR count). The van der Waals surface area contributed by atoms with E-state index in [0.29, 0.717) is 12.8 Å². The minimum Gasteiger partial charge on any atom is -0.394 e. The van der Waals surface area contributed by atoms with Gasteiger partial charge >= 0.3 is 0 Å². The highest BCUT2D eigenvalue weighted by Crippen LogP contribution is 2.15. The average molecular weight is 512 g/mol. The van der Waals surface area contributed by atoms with E-state index in [1.54, 1.807) is 0 Å². The van der Waals surface area contributed by atoms with Gasteiger partial charge in [0.2, 0.25) is 5.91 Å². The molecule has 0 aromatic carbocycles. The Hall–Kier alpha value is -0.610. The van der Waals surface area contributed by atoms with Gasteiger partial charge in [0, 0.05) is 6.42 Å². The lowest BCUT2D eigenvalue weighted by molar-refractivity contribution is -0.123. The molecule has 216 valence electrons. The third-order valence-electron chi connectivity index (χ3n) is 7.62. The highest BCUT2D eigenvalue weighted by Gasteiger charge is 2.19. The van der Waals surface area contributed by atoms with Crippen molar-refractivity contribution in [2.45, 2.75) is 193 Å². The smallest absolute Gasteiger partial charge is 0.220 e. The highest BCUT2D eigenvalue weighted by molar-refractivity contribution is 5.76. The zero-order valence-corrected chi connectivity index (χ0v) is 24.5. The molecular weight excluding hydrogens is 446 g/mol. The highest BCUT2D eigenvalue weighted by atomic mass is 16.3. The van der Waals surface area contributed by atoms with E-state index in [4.69, 9.17) is 0 Å². The number of aliphatic hydroxyl groups is 2. The zero-order valence-electron chi connectivity index (χ0n) is 24.5. The number of hydrogen-bond acceptors (Lipinski definition) is 3. The fourth-order valence-corrected chi connectivity index (χ4v) is 5.06. The summed E-state index contributed by atoms with van der Waals surface area (Å²) in [7, 11) is 0. The lowest BCUT2D eigenvalue weighted by Crippen LogP contribution is -2.45. The molecule has 2 unspecified atom stereocenters. The van der Waals surface area contributed by atoms with Crippen molar-refractivity contribution in [1.29, 1.82) is 0 Å². The minimum absolute atomic E-state index is 0.0404. The van der Waals surface area contributed by atoms with Crippen molar-refractivity contribution in [2.24, 2.45) is 0 Å². The molecule has 4 heteroatoms. The molecule has 4 nitrogen and oxygen atoms in total. The summed E-state index contributed by atoms with van der Waals surface area (Å²) in [5, 5.41) is 22.4. The van der Waals surface area contributed by atoms with Gasteiger partial charge in [-0.25, -0.2) is 0 Å². The Morgan fingerprint density at radius 2 is 0.889 bits per heavy atom. The first-order valence-corrected chi connectivity index (χ1v) is 16.2. The predicted octanol–water partition coefficient (Wildman–Crippen LogP) is 9.01. The van der Waals surface area contributed by atoms with E-state index in [-0.39, 0.29) is 12.5 Å². The van der Waals surface area contributed by atoms with E-state index < -0.39 is 12.1 Å². The van der Waals surface area contributed by atoms with Gasteiger partial charge in [-0.05, 0) is 12.8 Å². The number of unbranched alkanes of at least 4 members (excludes halogenated alkanes) is 22. The molecule has 0 spiro atoms. The largest absolute Gasteiger partial charge is 0.394 e. The van der Waals surface area contributed by atoms with Gasteiger partial charge in [-0.2, -0.15) is 0 Å². The van der Waals surface area contributed by atoms with Crippen molar-refractivity contribution in [3.63, 3.8) is 0 Å². The zero-order chi connectivity index (χ0) is 26.5. The summed E-state index contributed by atoms with van der Waals surface area (Å²) >= 11 is 0. The second kappa shape index (κ2) is 29.0. The molecule has 0 fully saturated rings. The molecule has 0 aliphatic rings. The molecule has 2 atom stereocenters. The molecule has 0 radical (unpaired) electrons. The quantitative estimate of drug-likeness (QED) is 0.0877. The topological polar surface area (TPSA) is 69.6 Å². The number of carbonyl (C=O) groups excluding carboxylic acids is 1. The van der Waals surface area contributed by atoms with Gasteiger partial charge in [-0.3, -0.25) is 4.79 Å². The van der Waals surface area contributed by atoms with Gasteiger partial charge in [0.25, 0.3) is 0 Å². The molecule has 0 bridgehead atoms. The Morgan fingerprint density at radius 3 is 1.25 bits per heavy atom. The fourth-order valence-electron chi connectivity index (χ4n) is 5.06. The number of amides is 1. The Morgan fingerprint density at radius 1 is 0.556 bits per heavy atom. The molecule has 3 N–H and O–H groups in total. The van der Waals surface area contributed by atoms with Crippen molar-refractivity contribution < 1.29 is 15.0 Å². The van der Waals surface area contributed by atoms with Crippen molar-refractivity contribution in [1.82, 2.24) is 5.32 Å². The molecule has 1 amide bonds. The number of hydrogen-bond donors (Lipinski definition) is 3. The SMILES string of the molecule is CCCCCCCCCCCCCCCCCCCCCCCC(=O)NC(CO)C(O)CCCCC. The number of aliphatic hydroxyl groups excluding tert-OH is 2. The van der Waals surface area contributed by atoms with Gasteiger partial charge in [0.05, 0.1) is 18.8 Å². The first-order chi connectivity index (χ1) is 17.7. The maximum atomic E-state index is 12.1. The first-order valence-electron chi connectivity index (χ1n) is 16.2. The summed E-state index contributed by atoms with van der Waals surface area (Å²) < 4.78 is 0. The molecule has 36 heavy (non-hydrogen) atoms. The summed E-state index contributed by atoms with van der Waals surface area (Å²) in [6.07, 6.45) is 32.1. The van der Waals surface area contributed by atoms with Crippen LogP contribution in [-0.4, -0.2) is 34.9 Å². The van der Waals surface area contributed by atoms with Crippen molar-refractivity contribution in [3.05, 3.63) is 0 Å². The summed E-state index contributed by atoms with van der Waals surface area (Å²) in [4.78, 5) is 12.1. The van der Waals surface area contributed by atoms with E-state index in [0.717, 1.165) is 32.1 Å². The summed E-state index contributed by atoms with van der Waals surface area (Å²) in [5.74, 6) is -0.0404. The molecule has 0 aromatic rings. The van der Waals surface area contributed by atoms with Gasteiger partial charge in [0.1, 0.15) is 0 Å². The van der Waals surface area contributed by atoms with Crippen LogP contribution in [0, 0.1) is 0 Å². The van der Waals surface area contributed by atoms with Crippen LogP contribution >= 0.6 is 0 Å². The van der Waals surface area contributed by atoms with Crippen molar-refractivity contribution in [2.75, 3.05) is 6.61 Å². The Labute approximate surface area is 225 Å². The molecule has 0 saturated heterocycles. The number of rotatable bonds is 29. The van der Waals surface area contributed by atoms with Crippen LogP contribution in [0.5, 0.6) is 0 Å². The van der Waals surface area contributed by atoms with Crippen LogP contribution in [0.1, 0.15) is 181 Å². The van der Waals surface area contributed by atoms with E-state index >= 15 is 0 Å². The van der Waals surface area contributed by atoms with E-state index in [2.05, 4.69) is 19.2 Å². The van der Waals surface area contributed by atoms with Crippen LogP contribution in [-0.2, 0) is 4.79 Å². The summed E-state index contributed by atoms with van der Waals surface area (Å²) in [6, 6.07) is -0.524. The van der Waals surface area contributed by atoms with Gasteiger partial charge < -0.3 is 15.5 Å². The molecule has 0 heterocycles. The minimum atomic E-state index is -0.648. The van der Waals surface area contributed by atoms with Crippen LogP contribution in [0.2, 0.25) is 0 Å². The van der Waals surface area contributed by atoms with Gasteiger partial charge in [-0.15, -0.1) is 0 Å². The molecule has 0 aromatic heterocycles. The summed E-state index contributed by atoms with van der Waals surface area (Å²) in [6.45, 7) is 4.22. The van der Waals surface area contributed by atoms with Crippen molar-refractivity contribution >= 4 is 5.91 Å². The first kappa shape index (κ1) is 35.4. The van der Waals surface area contributed by atoms with Gasteiger partial charge in [-0.1, -0.05) is 162 Å². The Bertz CT molecular complexity index is 443. The molecule has 0 aliphatic heterocycles. The van der Waals surface area contributed by atoms with Crippen LogP contribution in [0.4, 0.5) is 0 Å². The number of nitrogens with one attached hydrogen (secondary N) is 1. The normalized spacial score (nSPS) is 13.1. The lowest BCUT2D eigenvalue weighted by atomic mass is 10.0. The monoisotopic (exact) mass is 511 g/mol. The molecular formula is C32H65NO3. The van der Waals surface area contributed by atoms with E-state index in [1.165, 1.54) is 122 Å². The van der Waals surface area contributed by atoms with Gasteiger partial charge in [0.15, 0.2) is 0 Å². The maximum Gasteiger partial charge on any atom is 0.220 e. The average Bonchev–Trinajstić information content (AvgIpc) is 2.88. The third kappa shape index (κ3) is 25.1.